The molecule has 45 heavy (non-hydrogen) atoms. The minimum Gasteiger partial charge on any atom is -0.462 e. The number of aliphatic hydroxyl groups is 1. The van der Waals surface area contributed by atoms with Gasteiger partial charge >= 0.3 is 11.9 Å². The third-order valence-corrected chi connectivity index (χ3v) is 7.17. The highest BCUT2D eigenvalue weighted by atomic mass is 32.2. The zero-order chi connectivity index (χ0) is 34.0. The minimum atomic E-state index is -0.915. The van der Waals surface area contributed by atoms with E-state index < -0.39 is 42.4 Å². The molecule has 0 saturated carbocycles. The van der Waals surface area contributed by atoms with Crippen molar-refractivity contribution < 1.29 is 57.6 Å². The number of nitrogens with one attached hydrogen (secondary N) is 2. The van der Waals surface area contributed by atoms with Gasteiger partial charge < -0.3 is 40.4 Å². The topological polar surface area (TPSA) is 227 Å². The van der Waals surface area contributed by atoms with Crippen molar-refractivity contribution in [2.45, 2.75) is 71.4 Å². The molecule has 16 heteroatoms. The molecule has 0 rings (SSSR count). The number of esters is 2. The maximum absolute atomic E-state index is 12.6. The largest absolute Gasteiger partial charge is 0.462 e. The number of carbonyl (C=O) groups is 7. The Kier molecular flexibility index (Phi) is 24.6. The predicted octanol–water partition coefficient (Wildman–Crippen LogP) is -0.516. The fraction of sp³-hybridized carbons (Fsp3) is 0.759. The first-order chi connectivity index (χ1) is 21.4. The fourth-order valence-electron chi connectivity index (χ4n) is 3.38. The highest BCUT2D eigenvalue weighted by Gasteiger charge is 2.25. The number of Topliss-reactive ketones (excluding diaryl/α,β-unsaturated/α-hetero) is 3. The average molecular weight is 664 g/mol. The first-order valence-corrected chi connectivity index (χ1v) is 16.1. The van der Waals surface area contributed by atoms with Crippen LogP contribution >= 0.6 is 11.8 Å². The van der Waals surface area contributed by atoms with Crippen LogP contribution in [-0.2, 0) is 52.5 Å². The molecule has 0 spiro atoms. The van der Waals surface area contributed by atoms with Gasteiger partial charge in [0.15, 0.2) is 5.78 Å². The molecule has 0 fully saturated rings. The highest BCUT2D eigenvalue weighted by Crippen LogP contribution is 2.14. The van der Waals surface area contributed by atoms with Crippen LogP contribution in [0.3, 0.4) is 0 Å². The summed E-state index contributed by atoms with van der Waals surface area (Å²) in [6, 6.07) is -0.915. The molecule has 0 aliphatic heterocycles. The van der Waals surface area contributed by atoms with E-state index in [4.69, 9.17) is 24.7 Å². The number of ether oxygens (including phenoxy) is 4. The maximum Gasteiger partial charge on any atom is 0.305 e. The molecule has 0 saturated heterocycles. The molecule has 3 unspecified atom stereocenters. The van der Waals surface area contributed by atoms with Gasteiger partial charge in [0.25, 0.3) is 0 Å². The second-order valence-electron chi connectivity index (χ2n) is 10.0. The van der Waals surface area contributed by atoms with Crippen LogP contribution in [0.5, 0.6) is 0 Å². The smallest absolute Gasteiger partial charge is 0.305 e. The number of amides is 2. The standard InChI is InChI=1S/C29H49N3O12S/c1-4-28(39)43-16-22(44-29(40)5-2)18-45-19-23(30)25(36)13-21(15-33)24(35)7-6-10-42-17-27(38)31-9-12-41-11-8-26(37)32-14-20(3)34/h21-23,33H,4-19,30H2,1-3H3,(H,31,38)(H,32,37). The molecule has 0 heterocycles. The minimum absolute atomic E-state index is 0.0234. The van der Waals surface area contributed by atoms with Crippen LogP contribution in [0, 0.1) is 5.92 Å². The van der Waals surface area contributed by atoms with Crippen molar-refractivity contribution in [3.05, 3.63) is 0 Å². The van der Waals surface area contributed by atoms with E-state index in [9.17, 15) is 38.7 Å². The first kappa shape index (κ1) is 42.1. The van der Waals surface area contributed by atoms with E-state index in [-0.39, 0.29) is 120 Å². The van der Waals surface area contributed by atoms with Gasteiger partial charge in [-0.3, -0.25) is 33.6 Å². The van der Waals surface area contributed by atoms with E-state index in [1.54, 1.807) is 13.8 Å². The summed E-state index contributed by atoms with van der Waals surface area (Å²) in [5, 5.41) is 14.7. The molecule has 258 valence electrons. The third kappa shape index (κ3) is 23.1. The SMILES string of the molecule is CCC(=O)OCC(CSCC(N)C(=O)CC(CO)C(=O)CCCOCC(=O)NCCOCCC(=O)NCC(C)=O)OC(=O)CC. The molecule has 0 aromatic carbocycles. The van der Waals surface area contributed by atoms with Crippen molar-refractivity contribution in [1.29, 1.82) is 0 Å². The molecule has 0 aromatic heterocycles. The van der Waals surface area contributed by atoms with E-state index >= 15 is 0 Å². The third-order valence-electron chi connectivity index (χ3n) is 5.97. The molecule has 2 amide bonds. The van der Waals surface area contributed by atoms with E-state index in [0.717, 1.165) is 0 Å². The zero-order valence-corrected chi connectivity index (χ0v) is 27.3. The van der Waals surface area contributed by atoms with Gasteiger partial charge in [-0.05, 0) is 13.3 Å². The van der Waals surface area contributed by atoms with Gasteiger partial charge in [-0.1, -0.05) is 13.8 Å². The number of thioether (sulfide) groups is 1. The fourth-order valence-corrected chi connectivity index (χ4v) is 4.38. The molecule has 0 aliphatic rings. The summed E-state index contributed by atoms with van der Waals surface area (Å²) >= 11 is 1.24. The van der Waals surface area contributed by atoms with Gasteiger partial charge in [0.1, 0.15) is 30.9 Å². The van der Waals surface area contributed by atoms with Crippen molar-refractivity contribution in [3.63, 3.8) is 0 Å². The number of aliphatic hydroxyl groups excluding tert-OH is 1. The van der Waals surface area contributed by atoms with Crippen molar-refractivity contribution in [1.82, 2.24) is 10.6 Å². The predicted molar refractivity (Wildman–Crippen MR) is 164 cm³/mol. The Morgan fingerprint density at radius 3 is 2.20 bits per heavy atom. The van der Waals surface area contributed by atoms with Gasteiger partial charge in [0.2, 0.25) is 11.8 Å². The number of ketones is 3. The Bertz CT molecular complexity index is 949. The molecule has 0 radical (unpaired) electrons. The Morgan fingerprint density at radius 1 is 0.844 bits per heavy atom. The van der Waals surface area contributed by atoms with Crippen LogP contribution in [0.1, 0.15) is 59.3 Å². The average Bonchev–Trinajstić information content (AvgIpc) is 3.01. The highest BCUT2D eigenvalue weighted by molar-refractivity contribution is 7.99. The number of carbonyl (C=O) groups excluding carboxylic acids is 7. The van der Waals surface area contributed by atoms with E-state index in [0.29, 0.717) is 0 Å². The lowest BCUT2D eigenvalue weighted by atomic mass is 9.93. The van der Waals surface area contributed by atoms with Gasteiger partial charge in [-0.15, -0.1) is 0 Å². The van der Waals surface area contributed by atoms with Crippen molar-refractivity contribution in [2.24, 2.45) is 11.7 Å². The van der Waals surface area contributed by atoms with Crippen molar-refractivity contribution in [3.8, 4) is 0 Å². The van der Waals surface area contributed by atoms with E-state index in [1.165, 1.54) is 18.7 Å². The van der Waals surface area contributed by atoms with Crippen molar-refractivity contribution in [2.75, 3.05) is 64.2 Å². The van der Waals surface area contributed by atoms with Crippen molar-refractivity contribution >= 4 is 52.9 Å². The molecular formula is C29H49N3O12S. The lowest BCUT2D eigenvalue weighted by molar-refractivity contribution is -0.157. The number of nitrogens with two attached hydrogens (primary N) is 1. The van der Waals surface area contributed by atoms with Crippen LogP contribution in [0.2, 0.25) is 0 Å². The molecular weight excluding hydrogens is 614 g/mol. The summed E-state index contributed by atoms with van der Waals surface area (Å²) in [5.74, 6) is -2.92. The van der Waals surface area contributed by atoms with Crippen LogP contribution in [0.25, 0.3) is 0 Å². The van der Waals surface area contributed by atoms with E-state index in [2.05, 4.69) is 10.6 Å². The molecule has 0 aromatic rings. The van der Waals surface area contributed by atoms with Crippen LogP contribution in [0.15, 0.2) is 0 Å². The summed E-state index contributed by atoms with van der Waals surface area (Å²) in [5.41, 5.74) is 5.99. The monoisotopic (exact) mass is 663 g/mol. The maximum atomic E-state index is 12.6. The number of rotatable bonds is 28. The lowest BCUT2D eigenvalue weighted by Gasteiger charge is -2.19. The van der Waals surface area contributed by atoms with Crippen LogP contribution < -0.4 is 16.4 Å². The zero-order valence-electron chi connectivity index (χ0n) is 26.5. The quantitative estimate of drug-likeness (QED) is 0.0611. The van der Waals surface area contributed by atoms with Gasteiger partial charge in [-0.25, -0.2) is 0 Å². The Balaban J connectivity index is 4.20. The molecule has 0 aliphatic carbocycles. The summed E-state index contributed by atoms with van der Waals surface area (Å²) in [7, 11) is 0. The lowest BCUT2D eigenvalue weighted by Crippen LogP contribution is -2.37. The van der Waals surface area contributed by atoms with Gasteiger partial charge in [0.05, 0.1) is 32.4 Å². The number of hydrogen-bond acceptors (Lipinski definition) is 14. The Labute approximate surface area is 268 Å². The Morgan fingerprint density at radius 2 is 1.56 bits per heavy atom. The second-order valence-corrected chi connectivity index (χ2v) is 11.1. The Hall–Kier alpha value is -2.92. The molecule has 15 nitrogen and oxygen atoms in total. The second kappa shape index (κ2) is 26.3. The van der Waals surface area contributed by atoms with Gasteiger partial charge in [-0.2, -0.15) is 11.8 Å². The van der Waals surface area contributed by atoms with Crippen LogP contribution in [-0.4, -0.2) is 123 Å². The first-order valence-electron chi connectivity index (χ1n) is 15.0. The summed E-state index contributed by atoms with van der Waals surface area (Å²) in [4.78, 5) is 82.3. The van der Waals surface area contributed by atoms with E-state index in [1.807, 2.05) is 0 Å². The molecule has 0 bridgehead atoms. The summed E-state index contributed by atoms with van der Waals surface area (Å²) < 4.78 is 20.8. The summed E-state index contributed by atoms with van der Waals surface area (Å²) in [6.45, 7) is 4.44. The normalized spacial score (nSPS) is 12.8. The molecule has 3 atom stereocenters. The van der Waals surface area contributed by atoms with Gasteiger partial charge in [0, 0.05) is 62.7 Å². The molecule has 5 N–H and O–H groups in total. The number of hydrogen-bond donors (Lipinski definition) is 4. The summed E-state index contributed by atoms with van der Waals surface area (Å²) in [6.07, 6.45) is -0.151. The van der Waals surface area contributed by atoms with Crippen LogP contribution in [0.4, 0.5) is 0 Å².